The highest BCUT2D eigenvalue weighted by Crippen LogP contribution is 2.28. The Labute approximate surface area is 171 Å². The molecule has 8 heteroatoms. The molecule has 3 rings (SSSR count). The van der Waals surface area contributed by atoms with Gasteiger partial charge in [0.2, 0.25) is 0 Å². The summed E-state index contributed by atoms with van der Waals surface area (Å²) in [6.07, 6.45) is 0.915. The van der Waals surface area contributed by atoms with Crippen LogP contribution in [0.15, 0.2) is 24.3 Å². The van der Waals surface area contributed by atoms with Crippen molar-refractivity contribution in [3.05, 3.63) is 46.8 Å². The van der Waals surface area contributed by atoms with Crippen LogP contribution >= 0.6 is 0 Å². The van der Waals surface area contributed by atoms with Gasteiger partial charge in [-0.3, -0.25) is 14.3 Å². The van der Waals surface area contributed by atoms with Gasteiger partial charge in [-0.25, -0.2) is 0 Å². The van der Waals surface area contributed by atoms with Gasteiger partial charge in [0.1, 0.15) is 12.4 Å². The van der Waals surface area contributed by atoms with E-state index in [2.05, 4.69) is 18.1 Å². The molecule has 158 valence electrons. The fourth-order valence-corrected chi connectivity index (χ4v) is 3.42. The lowest BCUT2D eigenvalue weighted by molar-refractivity contribution is -0.134. The highest BCUT2D eigenvalue weighted by Gasteiger charge is 2.30. The van der Waals surface area contributed by atoms with E-state index in [1.807, 2.05) is 41.6 Å². The molecule has 2 aromatic rings. The first kappa shape index (κ1) is 22.4. The Morgan fingerprint density at radius 2 is 1.97 bits per heavy atom. The Kier molecular flexibility index (Phi) is 7.78. The average Bonchev–Trinajstić information content (AvgIpc) is 3.25. The number of aryl methyl sites for hydroxylation is 3. The summed E-state index contributed by atoms with van der Waals surface area (Å²) in [5.74, 6) is -0.213. The number of aromatic nitrogens is 2. The standard InChI is InChI=1S/C19H26N4O2.C2H4O2/c1-13-4-5-18(25-9-7-20)17(10-13)19(24)22-8-6-16(12-22)23-15(3)11-14(2)21-23;1-2(3)4/h4-5,10-11,16H,6-9,12,20H2,1-3H3;1H3,(H,3,4). The summed E-state index contributed by atoms with van der Waals surface area (Å²) in [6, 6.07) is 8.00. The van der Waals surface area contributed by atoms with Crippen LogP contribution in [0, 0.1) is 20.8 Å². The summed E-state index contributed by atoms with van der Waals surface area (Å²) in [5.41, 5.74) is 9.33. The van der Waals surface area contributed by atoms with E-state index in [-0.39, 0.29) is 11.9 Å². The van der Waals surface area contributed by atoms with Crippen molar-refractivity contribution in [2.24, 2.45) is 5.73 Å². The van der Waals surface area contributed by atoms with Gasteiger partial charge >= 0.3 is 0 Å². The third-order valence-corrected chi connectivity index (χ3v) is 4.58. The smallest absolute Gasteiger partial charge is 0.300 e. The van der Waals surface area contributed by atoms with E-state index in [0.29, 0.717) is 31.0 Å². The van der Waals surface area contributed by atoms with Crippen molar-refractivity contribution in [2.45, 2.75) is 40.2 Å². The average molecular weight is 402 g/mol. The van der Waals surface area contributed by atoms with Crippen LogP contribution in [-0.4, -0.2) is 57.9 Å². The van der Waals surface area contributed by atoms with Crippen molar-refractivity contribution in [1.82, 2.24) is 14.7 Å². The molecule has 0 spiro atoms. The lowest BCUT2D eigenvalue weighted by Gasteiger charge is -2.19. The number of likely N-dealkylation sites (tertiary alicyclic amines) is 1. The van der Waals surface area contributed by atoms with E-state index in [0.717, 1.165) is 36.8 Å². The molecule has 0 saturated carbocycles. The van der Waals surface area contributed by atoms with Crippen molar-refractivity contribution < 1.29 is 19.4 Å². The Morgan fingerprint density at radius 3 is 2.55 bits per heavy atom. The number of rotatable bonds is 5. The second-order valence-electron chi connectivity index (χ2n) is 7.22. The van der Waals surface area contributed by atoms with E-state index >= 15 is 0 Å². The summed E-state index contributed by atoms with van der Waals surface area (Å²) >= 11 is 0. The number of carbonyl (C=O) groups excluding carboxylic acids is 1. The molecular formula is C21H30N4O4. The van der Waals surface area contributed by atoms with Crippen LogP contribution < -0.4 is 10.5 Å². The number of carbonyl (C=O) groups is 2. The van der Waals surface area contributed by atoms with E-state index < -0.39 is 5.97 Å². The highest BCUT2D eigenvalue weighted by atomic mass is 16.5. The number of hydrogen-bond donors (Lipinski definition) is 2. The van der Waals surface area contributed by atoms with Crippen LogP contribution in [-0.2, 0) is 4.79 Å². The van der Waals surface area contributed by atoms with E-state index in [9.17, 15) is 4.79 Å². The predicted molar refractivity (Wildman–Crippen MR) is 110 cm³/mol. The Morgan fingerprint density at radius 1 is 1.28 bits per heavy atom. The van der Waals surface area contributed by atoms with Gasteiger partial charge in [0.15, 0.2) is 0 Å². The predicted octanol–water partition coefficient (Wildman–Crippen LogP) is 2.32. The van der Waals surface area contributed by atoms with Crippen LogP contribution in [0.1, 0.15) is 46.7 Å². The summed E-state index contributed by atoms with van der Waals surface area (Å²) < 4.78 is 7.71. The normalized spacial score (nSPS) is 15.6. The number of carboxylic acids is 1. The minimum Gasteiger partial charge on any atom is -0.491 e. The van der Waals surface area contributed by atoms with Crippen molar-refractivity contribution in [2.75, 3.05) is 26.2 Å². The molecule has 29 heavy (non-hydrogen) atoms. The summed E-state index contributed by atoms with van der Waals surface area (Å²) in [5, 5.41) is 12.0. The minimum absolute atomic E-state index is 0.0137. The number of aliphatic carboxylic acids is 1. The molecule has 0 aliphatic carbocycles. The number of hydrogen-bond acceptors (Lipinski definition) is 5. The van der Waals surface area contributed by atoms with Crippen molar-refractivity contribution >= 4 is 11.9 Å². The number of nitrogens with zero attached hydrogens (tertiary/aromatic N) is 3. The molecule has 1 unspecified atom stereocenters. The van der Waals surface area contributed by atoms with Gasteiger partial charge in [-0.15, -0.1) is 0 Å². The Hall–Kier alpha value is -2.87. The maximum atomic E-state index is 13.0. The fourth-order valence-electron chi connectivity index (χ4n) is 3.42. The molecule has 1 aromatic heterocycles. The quantitative estimate of drug-likeness (QED) is 0.794. The van der Waals surface area contributed by atoms with Crippen molar-refractivity contribution in [1.29, 1.82) is 0 Å². The van der Waals surface area contributed by atoms with E-state index in [1.54, 1.807) is 0 Å². The summed E-state index contributed by atoms with van der Waals surface area (Å²) in [6.45, 7) is 9.34. The first-order valence-electron chi connectivity index (χ1n) is 9.68. The third-order valence-electron chi connectivity index (χ3n) is 4.58. The number of ether oxygens (including phenoxy) is 1. The number of carboxylic acid groups (broad SMARTS) is 1. The Balaban J connectivity index is 0.000000687. The largest absolute Gasteiger partial charge is 0.491 e. The van der Waals surface area contributed by atoms with Gasteiger partial charge < -0.3 is 20.5 Å². The lowest BCUT2D eigenvalue weighted by atomic mass is 10.1. The maximum Gasteiger partial charge on any atom is 0.300 e. The first-order valence-corrected chi connectivity index (χ1v) is 9.68. The van der Waals surface area contributed by atoms with Crippen LogP contribution in [0.5, 0.6) is 5.75 Å². The van der Waals surface area contributed by atoms with Gasteiger partial charge in [0, 0.05) is 32.3 Å². The molecule has 8 nitrogen and oxygen atoms in total. The Bertz CT molecular complexity index is 858. The number of nitrogens with two attached hydrogens (primary N) is 1. The highest BCUT2D eigenvalue weighted by molar-refractivity contribution is 5.97. The van der Waals surface area contributed by atoms with Crippen molar-refractivity contribution in [3.63, 3.8) is 0 Å². The maximum absolute atomic E-state index is 13.0. The van der Waals surface area contributed by atoms with Crippen molar-refractivity contribution in [3.8, 4) is 5.75 Å². The molecule has 1 fully saturated rings. The van der Waals surface area contributed by atoms with Gasteiger partial charge in [0.25, 0.3) is 11.9 Å². The van der Waals surface area contributed by atoms with Crippen LogP contribution in [0.25, 0.3) is 0 Å². The molecule has 1 aliphatic heterocycles. The van der Waals surface area contributed by atoms with E-state index in [1.165, 1.54) is 0 Å². The monoisotopic (exact) mass is 402 g/mol. The zero-order valence-electron chi connectivity index (χ0n) is 17.5. The molecule has 0 bridgehead atoms. The zero-order chi connectivity index (χ0) is 21.6. The first-order chi connectivity index (χ1) is 13.7. The van der Waals surface area contributed by atoms with Crippen LogP contribution in [0.4, 0.5) is 0 Å². The molecule has 1 amide bonds. The molecular weight excluding hydrogens is 372 g/mol. The topological polar surface area (TPSA) is 111 Å². The number of benzene rings is 1. The van der Waals surface area contributed by atoms with Gasteiger partial charge in [-0.1, -0.05) is 11.6 Å². The zero-order valence-corrected chi connectivity index (χ0v) is 17.5. The minimum atomic E-state index is -0.833. The van der Waals surface area contributed by atoms with Crippen LogP contribution in [0.3, 0.4) is 0 Å². The molecule has 1 atom stereocenters. The van der Waals surface area contributed by atoms with Crippen LogP contribution in [0.2, 0.25) is 0 Å². The molecule has 0 radical (unpaired) electrons. The fraction of sp³-hybridized carbons (Fsp3) is 0.476. The second-order valence-corrected chi connectivity index (χ2v) is 7.22. The van der Waals surface area contributed by atoms with Gasteiger partial charge in [0.05, 0.1) is 17.3 Å². The van der Waals surface area contributed by atoms with Gasteiger partial charge in [-0.2, -0.15) is 5.10 Å². The van der Waals surface area contributed by atoms with E-state index in [4.69, 9.17) is 20.4 Å². The molecule has 3 N–H and O–H groups in total. The lowest BCUT2D eigenvalue weighted by Crippen LogP contribution is -2.30. The molecule has 2 heterocycles. The summed E-state index contributed by atoms with van der Waals surface area (Å²) in [7, 11) is 0. The number of amides is 1. The second kappa shape index (κ2) is 10.1. The molecule has 1 aliphatic rings. The third kappa shape index (κ3) is 6.05. The van der Waals surface area contributed by atoms with Gasteiger partial charge in [-0.05, 0) is 45.4 Å². The SMILES string of the molecule is CC(=O)O.Cc1ccc(OCCN)c(C(=O)N2CCC(n3nc(C)cc3C)C2)c1. The molecule has 1 aromatic carbocycles. The summed E-state index contributed by atoms with van der Waals surface area (Å²) in [4.78, 5) is 23.9. The molecule has 1 saturated heterocycles.